The minimum Gasteiger partial charge on any atom is -0.275 e. The van der Waals surface area contributed by atoms with Crippen molar-refractivity contribution in [1.82, 2.24) is 4.40 Å². The molecule has 0 fully saturated rings. The molecule has 2 heterocycles. The van der Waals surface area contributed by atoms with Crippen molar-refractivity contribution in [2.75, 3.05) is 0 Å². The van der Waals surface area contributed by atoms with Crippen molar-refractivity contribution >= 4 is 70.3 Å². The Morgan fingerprint density at radius 3 is 1.38 bits per heavy atom. The highest BCUT2D eigenvalue weighted by Crippen LogP contribution is 2.39. The lowest BCUT2D eigenvalue weighted by Gasteiger charge is -2.13. The van der Waals surface area contributed by atoms with Gasteiger partial charge >= 0.3 is 0 Å². The van der Waals surface area contributed by atoms with Crippen molar-refractivity contribution in [3.8, 4) is 22.3 Å². The van der Waals surface area contributed by atoms with Crippen LogP contribution in [0.25, 0.3) is 92.5 Å². The fourth-order valence-corrected chi connectivity index (χ4v) is 7.67. The predicted molar refractivity (Wildman–Crippen MR) is 191 cm³/mol. The second-order valence-corrected chi connectivity index (χ2v) is 12.1. The maximum absolute atomic E-state index is 13.9. The van der Waals surface area contributed by atoms with E-state index in [9.17, 15) is 4.79 Å². The van der Waals surface area contributed by atoms with E-state index in [-0.39, 0.29) is 5.56 Å². The Morgan fingerprint density at radius 2 is 0.733 bits per heavy atom. The fraction of sp³-hybridized carbons (Fsp3) is 0. The largest absolute Gasteiger partial charge is 0.275 e. The van der Waals surface area contributed by atoms with Gasteiger partial charge in [0.2, 0.25) is 0 Å². The highest BCUT2D eigenvalue weighted by molar-refractivity contribution is 6.26. The molecule has 0 aliphatic rings. The van der Waals surface area contributed by atoms with Crippen molar-refractivity contribution in [3.05, 3.63) is 162 Å². The molecular weight excluding hydrogens is 546 g/mol. The van der Waals surface area contributed by atoms with Crippen molar-refractivity contribution in [1.29, 1.82) is 0 Å². The van der Waals surface area contributed by atoms with Gasteiger partial charge in [-0.3, -0.25) is 9.20 Å². The summed E-state index contributed by atoms with van der Waals surface area (Å²) in [7, 11) is 0. The van der Waals surface area contributed by atoms with Gasteiger partial charge in [-0.25, -0.2) is 0 Å². The second kappa shape index (κ2) is 9.01. The van der Waals surface area contributed by atoms with Gasteiger partial charge in [0, 0.05) is 21.5 Å². The van der Waals surface area contributed by atoms with E-state index in [2.05, 4.69) is 127 Å². The standard InChI is InChI=1S/C43H25NO/c45-43-38-22-20-29(25-40(38)37-17-8-16-36-35-15-5-6-18-41(35)44(43)42(36)37)27-10-7-9-26(23-27)28-19-21-34-32-13-2-1-11-30(32)31-12-3-4-14-33(31)39(34)24-28/h1-25H. The first kappa shape index (κ1) is 24.5. The van der Waals surface area contributed by atoms with E-state index in [1.807, 2.05) is 28.7 Å². The number of rotatable bonds is 2. The Hall–Kier alpha value is -5.99. The van der Waals surface area contributed by atoms with Crippen LogP contribution in [0.15, 0.2) is 156 Å². The minimum atomic E-state index is 0.0334. The first-order valence-corrected chi connectivity index (χ1v) is 15.4. The van der Waals surface area contributed by atoms with E-state index in [0.29, 0.717) is 0 Å². The summed E-state index contributed by atoms with van der Waals surface area (Å²) in [4.78, 5) is 13.9. The Balaban J connectivity index is 1.17. The Morgan fingerprint density at radius 1 is 0.311 bits per heavy atom. The molecule has 0 spiro atoms. The third-order valence-electron chi connectivity index (χ3n) is 9.71. The molecule has 0 N–H and O–H groups in total. The van der Waals surface area contributed by atoms with Crippen molar-refractivity contribution in [2.24, 2.45) is 0 Å². The van der Waals surface area contributed by atoms with E-state index in [4.69, 9.17) is 0 Å². The number of aromatic nitrogens is 1. The Labute approximate surface area is 258 Å². The van der Waals surface area contributed by atoms with Crippen LogP contribution in [0.3, 0.4) is 0 Å². The summed E-state index contributed by atoms with van der Waals surface area (Å²) in [5.74, 6) is 0. The minimum absolute atomic E-state index is 0.0334. The molecule has 8 aromatic carbocycles. The van der Waals surface area contributed by atoms with Crippen LogP contribution in [0, 0.1) is 0 Å². The monoisotopic (exact) mass is 571 g/mol. The van der Waals surface area contributed by atoms with Crippen molar-refractivity contribution < 1.29 is 0 Å². The molecule has 0 unspecified atom stereocenters. The highest BCUT2D eigenvalue weighted by Gasteiger charge is 2.17. The first-order chi connectivity index (χ1) is 22.2. The van der Waals surface area contributed by atoms with E-state index in [0.717, 1.165) is 49.1 Å². The van der Waals surface area contributed by atoms with Crippen LogP contribution in [-0.2, 0) is 0 Å². The normalized spacial score (nSPS) is 12.1. The quantitative estimate of drug-likeness (QED) is 0.189. The van der Waals surface area contributed by atoms with Gasteiger partial charge in [0.15, 0.2) is 0 Å². The average molecular weight is 572 g/mol. The molecular formula is C43H25NO. The maximum atomic E-state index is 13.9. The Kier molecular flexibility index (Phi) is 4.90. The predicted octanol–water partition coefficient (Wildman–Crippen LogP) is 11.0. The van der Waals surface area contributed by atoms with Crippen LogP contribution in [0.4, 0.5) is 0 Å². The lowest BCUT2D eigenvalue weighted by atomic mass is 9.91. The molecule has 10 rings (SSSR count). The summed E-state index contributed by atoms with van der Waals surface area (Å²) in [6.45, 7) is 0. The molecule has 2 heteroatoms. The molecule has 208 valence electrons. The molecule has 0 saturated carbocycles. The maximum Gasteiger partial charge on any atom is 0.263 e. The number of hydrogen-bond donors (Lipinski definition) is 0. The lowest BCUT2D eigenvalue weighted by molar-refractivity contribution is 1.21. The van der Waals surface area contributed by atoms with Gasteiger partial charge in [-0.15, -0.1) is 0 Å². The van der Waals surface area contributed by atoms with Crippen LogP contribution in [0.1, 0.15) is 0 Å². The van der Waals surface area contributed by atoms with Crippen LogP contribution in [0.5, 0.6) is 0 Å². The number of fused-ring (bicyclic) bond motifs is 11. The Bertz CT molecular complexity index is 2860. The molecule has 0 aliphatic carbocycles. The smallest absolute Gasteiger partial charge is 0.263 e. The summed E-state index contributed by atoms with van der Waals surface area (Å²) in [5, 5.41) is 12.7. The summed E-state index contributed by atoms with van der Waals surface area (Å²) in [5.41, 5.74) is 6.58. The zero-order valence-electron chi connectivity index (χ0n) is 24.3. The first-order valence-electron chi connectivity index (χ1n) is 15.4. The van der Waals surface area contributed by atoms with Crippen LogP contribution >= 0.6 is 0 Å². The van der Waals surface area contributed by atoms with Crippen LogP contribution < -0.4 is 5.56 Å². The zero-order chi connectivity index (χ0) is 29.6. The lowest BCUT2D eigenvalue weighted by Crippen LogP contribution is -2.12. The van der Waals surface area contributed by atoms with Crippen molar-refractivity contribution in [2.45, 2.75) is 0 Å². The van der Waals surface area contributed by atoms with Crippen molar-refractivity contribution in [3.63, 3.8) is 0 Å². The molecule has 2 nitrogen and oxygen atoms in total. The van der Waals surface area contributed by atoms with Gasteiger partial charge in [-0.2, -0.15) is 0 Å². The number of benzene rings is 8. The number of pyridine rings is 1. The van der Waals surface area contributed by atoms with Gasteiger partial charge in [0.05, 0.1) is 11.0 Å². The summed E-state index contributed by atoms with van der Waals surface area (Å²) >= 11 is 0. The number of hydrogen-bond acceptors (Lipinski definition) is 1. The summed E-state index contributed by atoms with van der Waals surface area (Å²) < 4.78 is 1.90. The SMILES string of the molecule is O=c1c2ccc(-c3cccc(-c4ccc5c6ccccc6c6ccccc6c5c4)c3)cc2c2cccc3c4ccccc4n1c23. The highest BCUT2D eigenvalue weighted by atomic mass is 16.1. The van der Waals surface area contributed by atoms with Gasteiger partial charge in [0.1, 0.15) is 0 Å². The third kappa shape index (κ3) is 3.37. The van der Waals surface area contributed by atoms with Gasteiger partial charge in [-0.05, 0) is 90.3 Å². The molecule has 0 saturated heterocycles. The van der Waals surface area contributed by atoms with Crippen LogP contribution in [-0.4, -0.2) is 4.40 Å². The van der Waals surface area contributed by atoms with Gasteiger partial charge < -0.3 is 0 Å². The molecule has 0 atom stereocenters. The molecule has 0 aliphatic heterocycles. The van der Waals surface area contributed by atoms with E-state index >= 15 is 0 Å². The fourth-order valence-electron chi connectivity index (χ4n) is 7.67. The van der Waals surface area contributed by atoms with Gasteiger partial charge in [0.25, 0.3) is 5.56 Å². The summed E-state index contributed by atoms with van der Waals surface area (Å²) in [6.07, 6.45) is 0. The third-order valence-corrected chi connectivity index (χ3v) is 9.71. The molecule has 0 amide bonds. The van der Waals surface area contributed by atoms with Gasteiger partial charge in [-0.1, -0.05) is 121 Å². The molecule has 10 aromatic rings. The second-order valence-electron chi connectivity index (χ2n) is 12.1. The van der Waals surface area contributed by atoms with E-state index < -0.39 is 0 Å². The topological polar surface area (TPSA) is 21.5 Å². The van der Waals surface area contributed by atoms with Crippen LogP contribution in [0.2, 0.25) is 0 Å². The number of nitrogens with zero attached hydrogens (tertiary/aromatic N) is 1. The molecule has 45 heavy (non-hydrogen) atoms. The molecule has 0 radical (unpaired) electrons. The van der Waals surface area contributed by atoms with E-state index in [1.165, 1.54) is 43.4 Å². The summed E-state index contributed by atoms with van der Waals surface area (Å²) in [6, 6.07) is 53.9. The zero-order valence-corrected chi connectivity index (χ0v) is 24.3. The average Bonchev–Trinajstić information content (AvgIpc) is 3.46. The number of para-hydroxylation sites is 2. The molecule has 2 aromatic heterocycles. The van der Waals surface area contributed by atoms with E-state index in [1.54, 1.807) is 0 Å². The molecule has 0 bridgehead atoms.